The van der Waals surface area contributed by atoms with Gasteiger partial charge in [-0.25, -0.2) is 8.97 Å². The first-order chi connectivity index (χ1) is 15.5. The van der Waals surface area contributed by atoms with Crippen LogP contribution in [0.3, 0.4) is 0 Å². The molecule has 0 bridgehead atoms. The highest BCUT2D eigenvalue weighted by Gasteiger charge is 2.30. The van der Waals surface area contributed by atoms with Crippen molar-refractivity contribution in [2.75, 3.05) is 5.75 Å². The predicted octanol–water partition coefficient (Wildman–Crippen LogP) is 5.39. The monoisotopic (exact) mass is 468 g/mol. The maximum absolute atomic E-state index is 14.0. The summed E-state index contributed by atoms with van der Waals surface area (Å²) < 4.78 is 9.95. The van der Waals surface area contributed by atoms with Crippen LogP contribution in [-0.4, -0.2) is 31.0 Å². The zero-order chi connectivity index (χ0) is 22.4. The number of fused-ring (bicyclic) bond motifs is 5. The number of aromatic nitrogens is 4. The van der Waals surface area contributed by atoms with E-state index in [2.05, 4.69) is 35.4 Å². The van der Waals surface area contributed by atoms with Crippen LogP contribution in [0, 0.1) is 12.8 Å². The summed E-state index contributed by atoms with van der Waals surface area (Å²) in [6.45, 7) is 9.14. The number of ether oxygens (including phenoxy) is 1. The van der Waals surface area contributed by atoms with Crippen LogP contribution in [0.1, 0.15) is 49.6 Å². The zero-order valence-electron chi connectivity index (χ0n) is 18.9. The molecule has 0 saturated heterocycles. The molecule has 0 radical (unpaired) electrons. The van der Waals surface area contributed by atoms with Crippen molar-refractivity contribution in [3.05, 3.63) is 50.6 Å². The number of rotatable bonds is 6. The third-order valence-corrected chi connectivity index (χ3v) is 8.28. The van der Waals surface area contributed by atoms with Gasteiger partial charge in [0.15, 0.2) is 5.16 Å². The zero-order valence-corrected chi connectivity index (χ0v) is 20.6. The van der Waals surface area contributed by atoms with Gasteiger partial charge in [0.2, 0.25) is 5.78 Å². The first-order valence-electron chi connectivity index (χ1n) is 11.3. The number of benzene rings is 1. The SMILES string of the molecule is CCCCSc1nnc2n(-c3cccc(C)c3)c(=O)c3c4c(sc3n12)COC(C(C)C)C4. The molecule has 8 heteroatoms. The van der Waals surface area contributed by atoms with E-state index in [4.69, 9.17) is 4.74 Å². The number of unbranched alkanes of at least 4 members (excludes halogenated alkanes) is 1. The minimum atomic E-state index is -0.0162. The standard InChI is InChI=1S/C24H28N4O2S2/c1-5-6-10-31-24-26-25-23-27(16-9-7-8-15(4)11-16)21(29)20-17-12-18(14(2)3)30-13-19(17)32-22(20)28(23)24/h7-9,11,14,18H,5-6,10,12-13H2,1-4H3. The fourth-order valence-electron chi connectivity index (χ4n) is 4.27. The molecule has 0 spiro atoms. The van der Waals surface area contributed by atoms with Crippen molar-refractivity contribution < 1.29 is 4.74 Å². The van der Waals surface area contributed by atoms with Crippen LogP contribution >= 0.6 is 23.1 Å². The Morgan fingerprint density at radius 3 is 2.91 bits per heavy atom. The quantitative estimate of drug-likeness (QED) is 0.280. The molecule has 3 aromatic heterocycles. The van der Waals surface area contributed by atoms with Gasteiger partial charge in [0, 0.05) is 17.1 Å². The number of thioether (sulfide) groups is 1. The molecular formula is C24H28N4O2S2. The summed E-state index contributed by atoms with van der Waals surface area (Å²) in [6.07, 6.45) is 3.14. The first-order valence-corrected chi connectivity index (χ1v) is 13.1. The Hall–Kier alpha value is -2.16. The molecule has 0 N–H and O–H groups in total. The van der Waals surface area contributed by atoms with Crippen molar-refractivity contribution >= 4 is 39.1 Å². The number of aryl methyl sites for hydroxylation is 1. The number of hydrogen-bond acceptors (Lipinski definition) is 6. The van der Waals surface area contributed by atoms with E-state index in [9.17, 15) is 4.79 Å². The molecule has 168 valence electrons. The van der Waals surface area contributed by atoms with Crippen molar-refractivity contribution in [3.63, 3.8) is 0 Å². The first kappa shape index (κ1) is 21.7. The molecule has 4 heterocycles. The topological polar surface area (TPSA) is 61.4 Å². The van der Waals surface area contributed by atoms with Gasteiger partial charge in [-0.2, -0.15) is 0 Å². The second-order valence-electron chi connectivity index (χ2n) is 8.78. The average molecular weight is 469 g/mol. The van der Waals surface area contributed by atoms with Gasteiger partial charge in [0.1, 0.15) is 4.83 Å². The third-order valence-electron chi connectivity index (χ3n) is 6.07. The van der Waals surface area contributed by atoms with Gasteiger partial charge in [-0.3, -0.25) is 4.79 Å². The Morgan fingerprint density at radius 2 is 2.16 bits per heavy atom. The second-order valence-corrected chi connectivity index (χ2v) is 10.9. The van der Waals surface area contributed by atoms with E-state index < -0.39 is 0 Å². The molecule has 1 aliphatic heterocycles. The summed E-state index contributed by atoms with van der Waals surface area (Å²) in [5.41, 5.74) is 3.05. The summed E-state index contributed by atoms with van der Waals surface area (Å²) in [5, 5.41) is 10.6. The minimum absolute atomic E-state index is 0.0162. The van der Waals surface area contributed by atoms with Crippen LogP contribution < -0.4 is 5.56 Å². The molecule has 6 nitrogen and oxygen atoms in total. The lowest BCUT2D eigenvalue weighted by Crippen LogP contribution is -2.28. The second kappa shape index (κ2) is 8.65. The van der Waals surface area contributed by atoms with E-state index in [0.717, 1.165) is 62.1 Å². The largest absolute Gasteiger partial charge is 0.372 e. The van der Waals surface area contributed by atoms with E-state index in [1.807, 2.05) is 31.2 Å². The van der Waals surface area contributed by atoms with Crippen LogP contribution in [-0.2, 0) is 17.8 Å². The fraction of sp³-hybridized carbons (Fsp3) is 0.458. The molecule has 1 atom stereocenters. The molecule has 5 rings (SSSR count). The van der Waals surface area contributed by atoms with Crippen molar-refractivity contribution in [3.8, 4) is 5.69 Å². The minimum Gasteiger partial charge on any atom is -0.372 e. The van der Waals surface area contributed by atoms with E-state index in [0.29, 0.717) is 18.3 Å². The average Bonchev–Trinajstić information content (AvgIpc) is 3.35. The smallest absolute Gasteiger partial charge is 0.268 e. The third kappa shape index (κ3) is 3.58. The number of nitrogens with zero attached hydrogens (tertiary/aromatic N) is 4. The van der Waals surface area contributed by atoms with Crippen LogP contribution in [0.15, 0.2) is 34.2 Å². The summed E-state index contributed by atoms with van der Waals surface area (Å²) in [5.74, 6) is 1.95. The molecular weight excluding hydrogens is 440 g/mol. The van der Waals surface area contributed by atoms with Crippen LogP contribution in [0.25, 0.3) is 21.7 Å². The van der Waals surface area contributed by atoms with Gasteiger partial charge in [0.05, 0.1) is 23.8 Å². The van der Waals surface area contributed by atoms with Gasteiger partial charge < -0.3 is 4.74 Å². The van der Waals surface area contributed by atoms with Crippen LogP contribution in [0.2, 0.25) is 0 Å². The van der Waals surface area contributed by atoms with Gasteiger partial charge in [-0.15, -0.1) is 21.5 Å². The Morgan fingerprint density at radius 1 is 1.31 bits per heavy atom. The molecule has 0 saturated carbocycles. The highest BCUT2D eigenvalue weighted by Crippen LogP contribution is 2.37. The molecule has 4 aromatic rings. The van der Waals surface area contributed by atoms with Gasteiger partial charge >= 0.3 is 0 Å². The van der Waals surface area contributed by atoms with E-state index in [1.165, 1.54) is 0 Å². The molecule has 32 heavy (non-hydrogen) atoms. The Labute approximate surface area is 195 Å². The Balaban J connectivity index is 1.82. The van der Waals surface area contributed by atoms with E-state index in [-0.39, 0.29) is 11.7 Å². The molecule has 1 unspecified atom stereocenters. The number of hydrogen-bond donors (Lipinski definition) is 0. The van der Waals surface area contributed by atoms with Crippen molar-refractivity contribution in [2.24, 2.45) is 5.92 Å². The fourth-order valence-corrected chi connectivity index (χ4v) is 6.58. The predicted molar refractivity (Wildman–Crippen MR) is 131 cm³/mol. The Kier molecular flexibility index (Phi) is 5.86. The molecule has 1 aliphatic rings. The van der Waals surface area contributed by atoms with Gasteiger partial charge in [-0.1, -0.05) is 51.1 Å². The van der Waals surface area contributed by atoms with Crippen LogP contribution in [0.4, 0.5) is 0 Å². The molecule has 0 amide bonds. The molecule has 0 aliphatic carbocycles. The summed E-state index contributed by atoms with van der Waals surface area (Å²) >= 11 is 3.36. The summed E-state index contributed by atoms with van der Waals surface area (Å²) in [6, 6.07) is 8.02. The van der Waals surface area contributed by atoms with Crippen molar-refractivity contribution in [1.29, 1.82) is 0 Å². The van der Waals surface area contributed by atoms with E-state index >= 15 is 0 Å². The van der Waals surface area contributed by atoms with Crippen LogP contribution in [0.5, 0.6) is 0 Å². The van der Waals surface area contributed by atoms with Crippen molar-refractivity contribution in [2.45, 2.75) is 64.8 Å². The highest BCUT2D eigenvalue weighted by molar-refractivity contribution is 7.99. The normalized spacial score (nSPS) is 16.3. The van der Waals surface area contributed by atoms with Gasteiger partial charge in [0.25, 0.3) is 5.56 Å². The summed E-state index contributed by atoms with van der Waals surface area (Å²) in [7, 11) is 0. The number of thiophene rings is 1. The maximum Gasteiger partial charge on any atom is 0.268 e. The molecule has 0 fully saturated rings. The van der Waals surface area contributed by atoms with Gasteiger partial charge in [-0.05, 0) is 42.5 Å². The Bertz CT molecular complexity index is 1350. The maximum atomic E-state index is 14.0. The lowest BCUT2D eigenvalue weighted by Gasteiger charge is -2.26. The highest BCUT2D eigenvalue weighted by atomic mass is 32.2. The lowest BCUT2D eigenvalue weighted by molar-refractivity contribution is 0.00200. The summed E-state index contributed by atoms with van der Waals surface area (Å²) in [4.78, 5) is 16.1. The lowest BCUT2D eigenvalue weighted by atomic mass is 9.96. The van der Waals surface area contributed by atoms with E-state index in [1.54, 1.807) is 27.7 Å². The molecule has 1 aromatic carbocycles. The van der Waals surface area contributed by atoms with Crippen molar-refractivity contribution in [1.82, 2.24) is 19.2 Å².